The van der Waals surface area contributed by atoms with Crippen LogP contribution >= 0.6 is 0 Å². The average molecular weight is 351 g/mol. The summed E-state index contributed by atoms with van der Waals surface area (Å²) in [4.78, 5) is 25.9. The quantitative estimate of drug-likeness (QED) is 0.649. The number of rotatable bonds is 5. The van der Waals surface area contributed by atoms with E-state index >= 15 is 0 Å². The topological polar surface area (TPSA) is 75.5 Å². The number of amides is 1. The van der Waals surface area contributed by atoms with Gasteiger partial charge in [-0.1, -0.05) is 30.3 Å². The Morgan fingerprint density at radius 2 is 1.88 bits per heavy atom. The van der Waals surface area contributed by atoms with Gasteiger partial charge in [-0.2, -0.15) is 0 Å². The molecular weight excluding hydrogens is 330 g/mol. The average Bonchev–Trinajstić information content (AvgIpc) is 3.34. The van der Waals surface area contributed by atoms with Crippen molar-refractivity contribution in [3.8, 4) is 0 Å². The lowest BCUT2D eigenvalue weighted by Crippen LogP contribution is -2.30. The molecule has 2 fully saturated rings. The van der Waals surface area contributed by atoms with E-state index in [4.69, 9.17) is 0 Å². The largest absolute Gasteiger partial charge is 0.377 e. The first-order valence-electron chi connectivity index (χ1n) is 9.04. The molecule has 4 rings (SSSR count). The number of nitro groups is 1. The van der Waals surface area contributed by atoms with Crippen LogP contribution in [0.5, 0.6) is 0 Å². The van der Waals surface area contributed by atoms with Gasteiger partial charge in [-0.15, -0.1) is 0 Å². The Morgan fingerprint density at radius 1 is 1.12 bits per heavy atom. The minimum Gasteiger partial charge on any atom is -0.377 e. The summed E-state index contributed by atoms with van der Waals surface area (Å²) in [7, 11) is 0. The molecule has 0 spiro atoms. The number of anilines is 1. The molecule has 1 heterocycles. The van der Waals surface area contributed by atoms with Crippen molar-refractivity contribution < 1.29 is 9.72 Å². The summed E-state index contributed by atoms with van der Waals surface area (Å²) in [6.45, 7) is 0.675. The number of benzene rings is 2. The van der Waals surface area contributed by atoms with Gasteiger partial charge < -0.3 is 10.2 Å². The van der Waals surface area contributed by atoms with E-state index in [0.717, 1.165) is 31.2 Å². The first-order valence-corrected chi connectivity index (χ1v) is 9.04. The minimum atomic E-state index is -0.417. The minimum absolute atomic E-state index is 0.0294. The van der Waals surface area contributed by atoms with Crippen molar-refractivity contribution in [1.82, 2.24) is 4.90 Å². The Bertz CT molecular complexity index is 833. The van der Waals surface area contributed by atoms with Crippen molar-refractivity contribution in [2.45, 2.75) is 37.8 Å². The van der Waals surface area contributed by atoms with Crippen LogP contribution in [-0.2, 0) is 0 Å². The van der Waals surface area contributed by atoms with E-state index in [2.05, 4.69) is 5.32 Å². The van der Waals surface area contributed by atoms with Crippen LogP contribution in [-0.4, -0.2) is 28.3 Å². The molecule has 0 bridgehead atoms. The second-order valence-corrected chi connectivity index (χ2v) is 6.97. The highest BCUT2D eigenvalue weighted by molar-refractivity contribution is 5.96. The zero-order chi connectivity index (χ0) is 18.1. The molecule has 1 N–H and O–H groups in total. The lowest BCUT2D eigenvalue weighted by Gasteiger charge is -2.25. The van der Waals surface area contributed by atoms with E-state index in [1.807, 2.05) is 35.2 Å². The summed E-state index contributed by atoms with van der Waals surface area (Å²) < 4.78 is 0. The van der Waals surface area contributed by atoms with Crippen LogP contribution in [0.15, 0.2) is 48.5 Å². The van der Waals surface area contributed by atoms with Gasteiger partial charge in [-0.3, -0.25) is 14.9 Å². The summed E-state index contributed by atoms with van der Waals surface area (Å²) in [6.07, 6.45) is 3.92. The molecule has 134 valence electrons. The van der Waals surface area contributed by atoms with Gasteiger partial charge in [0.25, 0.3) is 11.6 Å². The standard InChI is InChI=1S/C20H21N3O3/c24-20(22-12-4-7-18(22)14-5-2-1-3-6-14)15-8-11-17(21-16-9-10-16)19(13-15)23(25)26/h1-3,5-6,8,11,13,16,18,21H,4,7,9-10,12H2. The van der Waals surface area contributed by atoms with E-state index in [1.165, 1.54) is 6.07 Å². The normalized spacial score (nSPS) is 19.4. The number of carbonyl (C=O) groups excluding carboxylic acids is 1. The Balaban J connectivity index is 1.61. The summed E-state index contributed by atoms with van der Waals surface area (Å²) in [5, 5.41) is 14.6. The first-order chi connectivity index (χ1) is 12.6. The van der Waals surface area contributed by atoms with Gasteiger partial charge in [0, 0.05) is 24.2 Å². The lowest BCUT2D eigenvalue weighted by molar-refractivity contribution is -0.384. The van der Waals surface area contributed by atoms with Crippen LogP contribution in [0.4, 0.5) is 11.4 Å². The third kappa shape index (κ3) is 3.27. The molecule has 26 heavy (non-hydrogen) atoms. The Hall–Kier alpha value is -2.89. The SMILES string of the molecule is O=C(c1ccc(NC2CC2)c([N+](=O)[O-])c1)N1CCCC1c1ccccc1. The molecule has 1 aliphatic carbocycles. The van der Waals surface area contributed by atoms with E-state index in [0.29, 0.717) is 23.8 Å². The van der Waals surface area contributed by atoms with Gasteiger partial charge in [-0.25, -0.2) is 0 Å². The highest BCUT2D eigenvalue weighted by atomic mass is 16.6. The maximum atomic E-state index is 13.0. The summed E-state index contributed by atoms with van der Waals surface area (Å²) in [5.74, 6) is -0.141. The maximum Gasteiger partial charge on any atom is 0.293 e. The predicted octanol–water partition coefficient (Wildman–Crippen LogP) is 4.15. The molecule has 2 aromatic carbocycles. The van der Waals surface area contributed by atoms with Gasteiger partial charge in [0.1, 0.15) is 5.69 Å². The van der Waals surface area contributed by atoms with Crippen molar-refractivity contribution in [2.24, 2.45) is 0 Å². The van der Waals surface area contributed by atoms with Gasteiger partial charge in [0.05, 0.1) is 11.0 Å². The Kier molecular flexibility index (Phi) is 4.32. The van der Waals surface area contributed by atoms with E-state index in [1.54, 1.807) is 12.1 Å². The van der Waals surface area contributed by atoms with Crippen molar-refractivity contribution in [3.05, 3.63) is 69.8 Å². The molecule has 6 nitrogen and oxygen atoms in total. The fourth-order valence-electron chi connectivity index (χ4n) is 3.58. The molecule has 2 aliphatic rings. The first kappa shape index (κ1) is 16.6. The molecule has 1 saturated heterocycles. The van der Waals surface area contributed by atoms with E-state index in [-0.39, 0.29) is 17.6 Å². The number of nitrogens with zero attached hydrogens (tertiary/aromatic N) is 2. The van der Waals surface area contributed by atoms with Crippen LogP contribution < -0.4 is 5.32 Å². The lowest BCUT2D eigenvalue weighted by atomic mass is 10.0. The molecule has 1 unspecified atom stereocenters. The molecule has 1 saturated carbocycles. The predicted molar refractivity (Wildman–Crippen MR) is 99.2 cm³/mol. The fraction of sp³-hybridized carbons (Fsp3) is 0.350. The second-order valence-electron chi connectivity index (χ2n) is 6.97. The van der Waals surface area contributed by atoms with Crippen LogP contribution in [0.3, 0.4) is 0 Å². The van der Waals surface area contributed by atoms with Crippen molar-refractivity contribution >= 4 is 17.3 Å². The number of likely N-dealkylation sites (tertiary alicyclic amines) is 1. The zero-order valence-corrected chi connectivity index (χ0v) is 14.4. The molecule has 1 aliphatic heterocycles. The van der Waals surface area contributed by atoms with Crippen molar-refractivity contribution in [2.75, 3.05) is 11.9 Å². The van der Waals surface area contributed by atoms with Gasteiger partial charge >= 0.3 is 0 Å². The number of carbonyl (C=O) groups is 1. The molecule has 0 radical (unpaired) electrons. The van der Waals surface area contributed by atoms with E-state index < -0.39 is 4.92 Å². The van der Waals surface area contributed by atoms with Crippen molar-refractivity contribution in [3.63, 3.8) is 0 Å². The molecular formula is C20H21N3O3. The van der Waals surface area contributed by atoms with Crippen LogP contribution in [0.1, 0.15) is 47.6 Å². The summed E-state index contributed by atoms with van der Waals surface area (Å²) >= 11 is 0. The summed E-state index contributed by atoms with van der Waals surface area (Å²) in [5.41, 5.74) is 1.95. The molecule has 2 aromatic rings. The number of nitro benzene ring substituents is 1. The third-order valence-electron chi connectivity index (χ3n) is 5.08. The molecule has 1 amide bonds. The fourth-order valence-corrected chi connectivity index (χ4v) is 3.58. The van der Waals surface area contributed by atoms with Crippen LogP contribution in [0.2, 0.25) is 0 Å². The Labute approximate surface area is 152 Å². The third-order valence-corrected chi connectivity index (χ3v) is 5.08. The molecule has 6 heteroatoms. The monoisotopic (exact) mass is 351 g/mol. The maximum absolute atomic E-state index is 13.0. The highest BCUT2D eigenvalue weighted by Crippen LogP contribution is 2.35. The van der Waals surface area contributed by atoms with Gasteiger partial charge in [0.2, 0.25) is 0 Å². The highest BCUT2D eigenvalue weighted by Gasteiger charge is 2.32. The zero-order valence-electron chi connectivity index (χ0n) is 14.4. The van der Waals surface area contributed by atoms with Gasteiger partial charge in [0.15, 0.2) is 0 Å². The van der Waals surface area contributed by atoms with E-state index in [9.17, 15) is 14.9 Å². The molecule has 0 aromatic heterocycles. The van der Waals surface area contributed by atoms with Crippen LogP contribution in [0, 0.1) is 10.1 Å². The second kappa shape index (κ2) is 6.78. The van der Waals surface area contributed by atoms with Gasteiger partial charge in [-0.05, 0) is 43.4 Å². The number of hydrogen-bond donors (Lipinski definition) is 1. The number of nitrogens with one attached hydrogen (secondary N) is 1. The Morgan fingerprint density at radius 3 is 2.58 bits per heavy atom. The molecule has 1 atom stereocenters. The summed E-state index contributed by atoms with van der Waals surface area (Å²) in [6, 6.07) is 15.1. The van der Waals surface area contributed by atoms with Crippen LogP contribution in [0.25, 0.3) is 0 Å². The van der Waals surface area contributed by atoms with Crippen molar-refractivity contribution in [1.29, 1.82) is 0 Å². The smallest absolute Gasteiger partial charge is 0.293 e. The number of hydrogen-bond acceptors (Lipinski definition) is 4.